The van der Waals surface area contributed by atoms with Crippen molar-refractivity contribution >= 4 is 0 Å². The van der Waals surface area contributed by atoms with Crippen molar-refractivity contribution in [2.45, 2.75) is 38.5 Å². The van der Waals surface area contributed by atoms with E-state index in [-0.39, 0.29) is 0 Å². The number of ether oxygens (including phenoxy) is 2. The van der Waals surface area contributed by atoms with Crippen LogP contribution in [0.1, 0.15) is 37.7 Å². The van der Waals surface area contributed by atoms with Crippen LogP contribution >= 0.6 is 0 Å². The molecule has 0 N–H and O–H groups in total. The zero-order chi connectivity index (χ0) is 14.4. The fraction of sp³-hybridized carbons (Fsp3) is 0.684. The van der Waals surface area contributed by atoms with Gasteiger partial charge in [-0.15, -0.1) is 0 Å². The van der Waals surface area contributed by atoms with Gasteiger partial charge in [-0.1, -0.05) is 0 Å². The van der Waals surface area contributed by atoms with Crippen LogP contribution in [0.4, 0.5) is 0 Å². The summed E-state index contributed by atoms with van der Waals surface area (Å²) in [6.45, 7) is 0. The molecule has 0 aliphatic heterocycles. The lowest BCUT2D eigenvalue weighted by atomic mass is 9.51. The maximum absolute atomic E-state index is 5.42. The maximum atomic E-state index is 5.42. The number of rotatable bonds is 4. The fourth-order valence-corrected chi connectivity index (χ4v) is 5.63. The highest BCUT2D eigenvalue weighted by molar-refractivity contribution is 5.38. The molecule has 4 fully saturated rings. The molecule has 0 radical (unpaired) electrons. The average Bonchev–Trinajstić information content (AvgIpc) is 2.49. The lowest BCUT2D eigenvalue weighted by Crippen LogP contribution is -2.45. The molecule has 0 spiro atoms. The molecule has 1 aromatic rings. The zero-order valence-electron chi connectivity index (χ0n) is 13.2. The molecule has 4 aliphatic carbocycles. The second-order valence-electron chi connectivity index (χ2n) is 7.52. The molecule has 21 heavy (non-hydrogen) atoms. The second kappa shape index (κ2) is 5.23. The second-order valence-corrected chi connectivity index (χ2v) is 7.52. The van der Waals surface area contributed by atoms with Crippen molar-refractivity contribution in [2.75, 3.05) is 14.2 Å². The molecule has 4 saturated carbocycles. The Morgan fingerprint density at radius 3 is 1.81 bits per heavy atom. The molecule has 2 nitrogen and oxygen atoms in total. The van der Waals surface area contributed by atoms with E-state index in [1.165, 1.54) is 44.1 Å². The molecule has 2 heteroatoms. The van der Waals surface area contributed by atoms with Crippen LogP contribution in [0.3, 0.4) is 0 Å². The van der Waals surface area contributed by atoms with Crippen molar-refractivity contribution in [2.24, 2.45) is 29.6 Å². The summed E-state index contributed by atoms with van der Waals surface area (Å²) in [6, 6.07) is 6.38. The minimum absolute atomic E-state index is 0.898. The first-order valence-corrected chi connectivity index (χ1v) is 8.47. The van der Waals surface area contributed by atoms with Crippen LogP contribution in [0.25, 0.3) is 0 Å². The first kappa shape index (κ1) is 13.5. The Bertz CT molecular complexity index is 472. The van der Waals surface area contributed by atoms with E-state index in [1.54, 1.807) is 14.2 Å². The SMILES string of the molecule is COc1cc(CC2C3CC4CC(C3)CC2C4)cc(OC)c1. The predicted octanol–water partition coefficient (Wildman–Crippen LogP) is 4.32. The van der Waals surface area contributed by atoms with Crippen molar-refractivity contribution in [3.8, 4) is 11.5 Å². The predicted molar refractivity (Wildman–Crippen MR) is 83.8 cm³/mol. The summed E-state index contributed by atoms with van der Waals surface area (Å²) in [6.07, 6.45) is 8.74. The Labute approximate surface area is 127 Å². The quantitative estimate of drug-likeness (QED) is 0.820. The van der Waals surface area contributed by atoms with Gasteiger partial charge in [-0.05, 0) is 85.8 Å². The van der Waals surface area contributed by atoms with E-state index in [0.717, 1.165) is 41.1 Å². The standard InChI is InChI=1S/C19H26O2/c1-20-17-8-14(9-18(11-17)21-2)10-19-15-4-12-3-13(6-15)7-16(19)5-12/h8-9,11-13,15-16,19H,3-7,10H2,1-2H3. The van der Waals surface area contributed by atoms with Gasteiger partial charge >= 0.3 is 0 Å². The van der Waals surface area contributed by atoms with Crippen LogP contribution in [-0.4, -0.2) is 14.2 Å². The van der Waals surface area contributed by atoms with Gasteiger partial charge in [-0.2, -0.15) is 0 Å². The molecule has 0 amide bonds. The zero-order valence-corrected chi connectivity index (χ0v) is 13.2. The van der Waals surface area contributed by atoms with Crippen molar-refractivity contribution in [3.05, 3.63) is 23.8 Å². The molecule has 4 aliphatic rings. The van der Waals surface area contributed by atoms with E-state index >= 15 is 0 Å². The Morgan fingerprint density at radius 2 is 1.33 bits per heavy atom. The van der Waals surface area contributed by atoms with Crippen LogP contribution in [0.5, 0.6) is 11.5 Å². The first-order valence-electron chi connectivity index (χ1n) is 8.47. The van der Waals surface area contributed by atoms with Crippen LogP contribution in [0.15, 0.2) is 18.2 Å². The normalized spacial score (nSPS) is 36.8. The average molecular weight is 286 g/mol. The Morgan fingerprint density at radius 1 is 0.810 bits per heavy atom. The minimum atomic E-state index is 0.898. The Hall–Kier alpha value is -1.18. The number of hydrogen-bond donors (Lipinski definition) is 0. The molecule has 5 rings (SSSR count). The molecule has 0 heterocycles. The van der Waals surface area contributed by atoms with Crippen LogP contribution in [0.2, 0.25) is 0 Å². The molecule has 0 aromatic heterocycles. The lowest BCUT2D eigenvalue weighted by molar-refractivity contribution is -0.0360. The summed E-state index contributed by atoms with van der Waals surface area (Å²) >= 11 is 0. The monoisotopic (exact) mass is 286 g/mol. The van der Waals surface area contributed by atoms with Crippen molar-refractivity contribution in [1.82, 2.24) is 0 Å². The molecule has 0 unspecified atom stereocenters. The number of methoxy groups -OCH3 is 2. The van der Waals surface area contributed by atoms with E-state index in [4.69, 9.17) is 9.47 Å². The van der Waals surface area contributed by atoms with Gasteiger partial charge in [0.1, 0.15) is 11.5 Å². The largest absolute Gasteiger partial charge is 0.497 e. The third-order valence-electron chi connectivity index (χ3n) is 6.30. The first-order chi connectivity index (χ1) is 10.2. The molecule has 1 aromatic carbocycles. The highest BCUT2D eigenvalue weighted by atomic mass is 16.5. The summed E-state index contributed by atoms with van der Waals surface area (Å²) in [5, 5.41) is 0. The van der Waals surface area contributed by atoms with Crippen molar-refractivity contribution in [1.29, 1.82) is 0 Å². The Balaban J connectivity index is 1.56. The highest BCUT2D eigenvalue weighted by Gasteiger charge is 2.47. The van der Waals surface area contributed by atoms with Gasteiger partial charge in [0.2, 0.25) is 0 Å². The summed E-state index contributed by atoms with van der Waals surface area (Å²) < 4.78 is 10.8. The van der Waals surface area contributed by atoms with E-state index in [1.807, 2.05) is 6.07 Å². The van der Waals surface area contributed by atoms with Gasteiger partial charge in [0.15, 0.2) is 0 Å². The Kier molecular flexibility index (Phi) is 3.35. The van der Waals surface area contributed by atoms with Gasteiger partial charge in [-0.25, -0.2) is 0 Å². The van der Waals surface area contributed by atoms with Gasteiger partial charge in [-0.3, -0.25) is 0 Å². The molecule has 114 valence electrons. The lowest BCUT2D eigenvalue weighted by Gasteiger charge is -2.54. The maximum Gasteiger partial charge on any atom is 0.122 e. The van der Waals surface area contributed by atoms with E-state index in [2.05, 4.69) is 12.1 Å². The number of hydrogen-bond acceptors (Lipinski definition) is 2. The van der Waals surface area contributed by atoms with Crippen molar-refractivity contribution in [3.63, 3.8) is 0 Å². The van der Waals surface area contributed by atoms with Crippen LogP contribution in [0, 0.1) is 29.6 Å². The third-order valence-corrected chi connectivity index (χ3v) is 6.30. The molecule has 4 bridgehead atoms. The van der Waals surface area contributed by atoms with Gasteiger partial charge in [0, 0.05) is 6.07 Å². The van der Waals surface area contributed by atoms with Crippen LogP contribution in [-0.2, 0) is 6.42 Å². The van der Waals surface area contributed by atoms with Crippen molar-refractivity contribution < 1.29 is 9.47 Å². The van der Waals surface area contributed by atoms with E-state index in [9.17, 15) is 0 Å². The fourth-order valence-electron chi connectivity index (χ4n) is 5.63. The third kappa shape index (κ3) is 2.43. The minimum Gasteiger partial charge on any atom is -0.497 e. The molecule has 0 atom stereocenters. The summed E-state index contributed by atoms with van der Waals surface area (Å²) in [5.74, 6) is 6.83. The van der Waals surface area contributed by atoms with Gasteiger partial charge in [0.25, 0.3) is 0 Å². The topological polar surface area (TPSA) is 18.5 Å². The highest BCUT2D eigenvalue weighted by Crippen LogP contribution is 2.57. The molecular formula is C19H26O2. The van der Waals surface area contributed by atoms with E-state index in [0.29, 0.717) is 0 Å². The van der Waals surface area contributed by atoms with Gasteiger partial charge < -0.3 is 9.47 Å². The van der Waals surface area contributed by atoms with Gasteiger partial charge in [0.05, 0.1) is 14.2 Å². The summed E-state index contributed by atoms with van der Waals surface area (Å²) in [7, 11) is 3.48. The summed E-state index contributed by atoms with van der Waals surface area (Å²) in [5.41, 5.74) is 1.39. The number of benzene rings is 1. The smallest absolute Gasteiger partial charge is 0.122 e. The van der Waals surface area contributed by atoms with Crippen LogP contribution < -0.4 is 9.47 Å². The van der Waals surface area contributed by atoms with E-state index < -0.39 is 0 Å². The molecular weight excluding hydrogens is 260 g/mol. The molecule has 0 saturated heterocycles. The summed E-state index contributed by atoms with van der Waals surface area (Å²) in [4.78, 5) is 0.